The maximum Gasteiger partial charge on any atom is 0.174 e. The zero-order chi connectivity index (χ0) is 19.2. The number of pyridine rings is 1. The highest BCUT2D eigenvalue weighted by Gasteiger charge is 2.18. The molecule has 1 heterocycles. The summed E-state index contributed by atoms with van der Waals surface area (Å²) in [5.41, 5.74) is 4.78. The highest BCUT2D eigenvalue weighted by atomic mass is 32.1. The quantitative estimate of drug-likeness (QED) is 0.627. The van der Waals surface area contributed by atoms with Crippen molar-refractivity contribution < 1.29 is 4.74 Å². The number of aryl methyl sites for hydroxylation is 2. The molecule has 5 heteroatoms. The molecule has 0 unspecified atom stereocenters. The molecule has 0 amide bonds. The first-order chi connectivity index (χ1) is 13.1. The van der Waals surface area contributed by atoms with E-state index in [4.69, 9.17) is 17.0 Å². The fourth-order valence-electron chi connectivity index (χ4n) is 3.06. The first-order valence-electron chi connectivity index (χ1n) is 8.77. The number of nitrogens with one attached hydrogen (secondary N) is 2. The number of aromatic nitrogens is 1. The van der Waals surface area contributed by atoms with Crippen molar-refractivity contribution in [2.45, 2.75) is 19.9 Å². The SMILES string of the molecule is COc1cccnc1NC(=S)N[C@@H](c1ccccc1)c1ccc(C)cc1C. The van der Waals surface area contributed by atoms with Crippen LogP contribution in [-0.2, 0) is 0 Å². The standard InChI is InChI=1S/C22H23N3OS/c1-15-11-12-18(16(2)14-15)20(17-8-5-4-6-9-17)24-22(27)25-21-19(26-3)10-7-13-23-21/h4-14,20H,1-3H3,(H2,23,24,25,27)/t20-/m0/s1. The zero-order valence-electron chi connectivity index (χ0n) is 15.7. The number of benzene rings is 2. The van der Waals surface area contributed by atoms with Gasteiger partial charge in [-0.15, -0.1) is 0 Å². The fourth-order valence-corrected chi connectivity index (χ4v) is 3.27. The maximum absolute atomic E-state index is 5.57. The first-order valence-corrected chi connectivity index (χ1v) is 9.18. The molecule has 0 spiro atoms. The van der Waals surface area contributed by atoms with Crippen LogP contribution in [0.4, 0.5) is 5.82 Å². The van der Waals surface area contributed by atoms with Crippen LogP contribution >= 0.6 is 12.2 Å². The van der Waals surface area contributed by atoms with Crippen molar-refractivity contribution in [2.24, 2.45) is 0 Å². The molecule has 3 aromatic rings. The lowest BCUT2D eigenvalue weighted by atomic mass is 9.94. The van der Waals surface area contributed by atoms with Gasteiger partial charge in [-0.2, -0.15) is 0 Å². The summed E-state index contributed by atoms with van der Waals surface area (Å²) in [4.78, 5) is 4.31. The summed E-state index contributed by atoms with van der Waals surface area (Å²) in [7, 11) is 1.61. The number of ether oxygens (including phenoxy) is 1. The second-order valence-corrected chi connectivity index (χ2v) is 6.76. The Balaban J connectivity index is 1.88. The smallest absolute Gasteiger partial charge is 0.174 e. The van der Waals surface area contributed by atoms with Crippen LogP contribution < -0.4 is 15.4 Å². The number of thiocarbonyl (C=S) groups is 1. The summed E-state index contributed by atoms with van der Waals surface area (Å²) in [5.74, 6) is 1.23. The Morgan fingerprint density at radius 2 is 1.81 bits per heavy atom. The van der Waals surface area contributed by atoms with Crippen molar-refractivity contribution >= 4 is 23.1 Å². The van der Waals surface area contributed by atoms with Gasteiger partial charge in [0.05, 0.1) is 13.2 Å². The van der Waals surface area contributed by atoms with E-state index >= 15 is 0 Å². The first kappa shape index (κ1) is 18.9. The van der Waals surface area contributed by atoms with Gasteiger partial charge in [0, 0.05) is 6.20 Å². The molecule has 2 aromatic carbocycles. The normalized spacial score (nSPS) is 11.5. The number of methoxy groups -OCH3 is 1. The predicted molar refractivity (Wildman–Crippen MR) is 114 cm³/mol. The fraction of sp³-hybridized carbons (Fsp3) is 0.182. The summed E-state index contributed by atoms with van der Waals surface area (Å²) in [6, 6.07) is 20.3. The molecular weight excluding hydrogens is 354 g/mol. The van der Waals surface area contributed by atoms with E-state index in [9.17, 15) is 0 Å². The van der Waals surface area contributed by atoms with Gasteiger partial charge in [0.2, 0.25) is 0 Å². The topological polar surface area (TPSA) is 46.2 Å². The second-order valence-electron chi connectivity index (χ2n) is 6.36. The van der Waals surface area contributed by atoms with E-state index in [1.165, 1.54) is 16.7 Å². The number of nitrogens with zero attached hydrogens (tertiary/aromatic N) is 1. The molecule has 0 aliphatic rings. The number of hydrogen-bond donors (Lipinski definition) is 2. The van der Waals surface area contributed by atoms with E-state index < -0.39 is 0 Å². The van der Waals surface area contributed by atoms with Crippen LogP contribution in [0.25, 0.3) is 0 Å². The van der Waals surface area contributed by atoms with E-state index in [2.05, 4.69) is 59.8 Å². The Labute approximate surface area is 165 Å². The number of rotatable bonds is 5. The van der Waals surface area contributed by atoms with Crippen molar-refractivity contribution in [3.63, 3.8) is 0 Å². The lowest BCUT2D eigenvalue weighted by Gasteiger charge is -2.24. The summed E-state index contributed by atoms with van der Waals surface area (Å²) in [6.45, 7) is 4.22. The molecule has 0 aliphatic heterocycles. The molecule has 0 saturated heterocycles. The minimum Gasteiger partial charge on any atom is -0.493 e. The number of hydrogen-bond acceptors (Lipinski definition) is 3. The Hall–Kier alpha value is -2.92. The Morgan fingerprint density at radius 1 is 1.04 bits per heavy atom. The minimum absolute atomic E-state index is 0.0680. The molecule has 3 rings (SSSR count). The van der Waals surface area contributed by atoms with Crippen molar-refractivity contribution in [2.75, 3.05) is 12.4 Å². The predicted octanol–water partition coefficient (Wildman–Crippen LogP) is 4.78. The Kier molecular flexibility index (Phi) is 6.04. The molecule has 0 bridgehead atoms. The third-order valence-electron chi connectivity index (χ3n) is 4.37. The molecule has 27 heavy (non-hydrogen) atoms. The molecule has 0 aliphatic carbocycles. The van der Waals surface area contributed by atoms with Gasteiger partial charge in [0.1, 0.15) is 0 Å². The third kappa shape index (κ3) is 4.63. The van der Waals surface area contributed by atoms with Crippen LogP contribution in [0.3, 0.4) is 0 Å². The van der Waals surface area contributed by atoms with Crippen molar-refractivity contribution in [3.8, 4) is 5.75 Å². The van der Waals surface area contributed by atoms with Crippen LogP contribution in [0.5, 0.6) is 5.75 Å². The monoisotopic (exact) mass is 377 g/mol. The van der Waals surface area contributed by atoms with E-state index in [0.29, 0.717) is 16.7 Å². The van der Waals surface area contributed by atoms with Gasteiger partial charge in [0.15, 0.2) is 16.7 Å². The molecule has 0 fully saturated rings. The second kappa shape index (κ2) is 8.64. The molecule has 0 radical (unpaired) electrons. The number of anilines is 1. The van der Waals surface area contributed by atoms with E-state index in [1.54, 1.807) is 13.3 Å². The van der Waals surface area contributed by atoms with Gasteiger partial charge >= 0.3 is 0 Å². The molecule has 4 nitrogen and oxygen atoms in total. The summed E-state index contributed by atoms with van der Waals surface area (Å²) in [6.07, 6.45) is 1.70. The summed E-state index contributed by atoms with van der Waals surface area (Å²) in [5, 5.41) is 7.07. The molecule has 2 N–H and O–H groups in total. The average molecular weight is 378 g/mol. The lowest BCUT2D eigenvalue weighted by molar-refractivity contribution is 0.415. The largest absolute Gasteiger partial charge is 0.493 e. The Morgan fingerprint density at radius 3 is 2.52 bits per heavy atom. The molecule has 0 saturated carbocycles. The lowest BCUT2D eigenvalue weighted by Crippen LogP contribution is -2.33. The minimum atomic E-state index is -0.0680. The van der Waals surface area contributed by atoms with E-state index in [1.807, 2.05) is 30.3 Å². The van der Waals surface area contributed by atoms with Crippen LogP contribution in [0, 0.1) is 13.8 Å². The van der Waals surface area contributed by atoms with Gasteiger partial charge in [-0.3, -0.25) is 0 Å². The summed E-state index contributed by atoms with van der Waals surface area (Å²) >= 11 is 5.57. The van der Waals surface area contributed by atoms with Crippen molar-refractivity contribution in [1.82, 2.24) is 10.3 Å². The Bertz CT molecular complexity index is 928. The van der Waals surface area contributed by atoms with Crippen molar-refractivity contribution in [3.05, 3.63) is 89.1 Å². The zero-order valence-corrected chi connectivity index (χ0v) is 16.5. The third-order valence-corrected chi connectivity index (χ3v) is 4.59. The van der Waals surface area contributed by atoms with Crippen molar-refractivity contribution in [1.29, 1.82) is 0 Å². The van der Waals surface area contributed by atoms with E-state index in [-0.39, 0.29) is 6.04 Å². The maximum atomic E-state index is 5.57. The van der Waals surface area contributed by atoms with Crippen LogP contribution in [0.2, 0.25) is 0 Å². The highest BCUT2D eigenvalue weighted by molar-refractivity contribution is 7.80. The average Bonchev–Trinajstić information content (AvgIpc) is 2.68. The van der Waals surface area contributed by atoms with Gasteiger partial charge in [-0.1, -0.05) is 54.1 Å². The van der Waals surface area contributed by atoms with Crippen LogP contribution in [0.1, 0.15) is 28.3 Å². The van der Waals surface area contributed by atoms with Gasteiger partial charge < -0.3 is 15.4 Å². The van der Waals surface area contributed by atoms with Gasteiger partial charge in [0.25, 0.3) is 0 Å². The highest BCUT2D eigenvalue weighted by Crippen LogP contribution is 2.26. The van der Waals surface area contributed by atoms with Gasteiger partial charge in [-0.05, 0) is 54.9 Å². The van der Waals surface area contributed by atoms with Crippen LogP contribution in [-0.4, -0.2) is 17.2 Å². The molecule has 1 atom stereocenters. The molecular formula is C22H23N3OS. The van der Waals surface area contributed by atoms with Gasteiger partial charge in [-0.25, -0.2) is 4.98 Å². The molecule has 138 valence electrons. The molecule has 1 aromatic heterocycles. The van der Waals surface area contributed by atoms with Crippen LogP contribution in [0.15, 0.2) is 66.9 Å². The van der Waals surface area contributed by atoms with E-state index in [0.717, 1.165) is 5.56 Å². The summed E-state index contributed by atoms with van der Waals surface area (Å²) < 4.78 is 5.34.